The van der Waals surface area contributed by atoms with Gasteiger partial charge in [-0.3, -0.25) is 4.99 Å². The van der Waals surface area contributed by atoms with Crippen molar-refractivity contribution >= 4 is 17.3 Å². The maximum atomic E-state index is 9.13. The summed E-state index contributed by atoms with van der Waals surface area (Å²) in [5, 5.41) is 20.2. The number of aliphatic imine (C=N–C) groups is 1. The highest BCUT2D eigenvalue weighted by atomic mass is 32.1. The van der Waals surface area contributed by atoms with Gasteiger partial charge in [0.1, 0.15) is 0 Å². The van der Waals surface area contributed by atoms with Crippen LogP contribution in [0, 0.1) is 5.92 Å². The summed E-state index contributed by atoms with van der Waals surface area (Å²) in [6.07, 6.45) is 3.09. The first-order chi connectivity index (χ1) is 10.7. The van der Waals surface area contributed by atoms with Gasteiger partial charge in [0.25, 0.3) is 0 Å². The van der Waals surface area contributed by atoms with Gasteiger partial charge in [0.05, 0.1) is 0 Å². The van der Waals surface area contributed by atoms with Crippen molar-refractivity contribution < 1.29 is 5.11 Å². The number of hydrogen-bond acceptors (Lipinski definition) is 3. The van der Waals surface area contributed by atoms with E-state index in [1.54, 1.807) is 11.3 Å². The Balaban J connectivity index is 2.50. The largest absolute Gasteiger partial charge is 0.396 e. The van der Waals surface area contributed by atoms with Gasteiger partial charge in [0, 0.05) is 26.2 Å². The maximum Gasteiger partial charge on any atom is 0.191 e. The summed E-state index contributed by atoms with van der Waals surface area (Å²) in [6.45, 7) is 9.25. The first-order valence-electron chi connectivity index (χ1n) is 8.36. The predicted octanol–water partition coefficient (Wildman–Crippen LogP) is 3.21. The zero-order valence-electron chi connectivity index (χ0n) is 14.1. The fourth-order valence-electron chi connectivity index (χ4n) is 2.40. The summed E-state index contributed by atoms with van der Waals surface area (Å²) >= 11 is 1.74. The van der Waals surface area contributed by atoms with Gasteiger partial charge < -0.3 is 15.7 Å². The van der Waals surface area contributed by atoms with Gasteiger partial charge in [0.2, 0.25) is 0 Å². The molecule has 0 saturated carbocycles. The standard InChI is InChI=1S/C17H31N3OS/c1-4-6-15(7-9-21)12-20-17(18-5-2)19-11-14(3)16-8-10-22-13-16/h8,10,13-15,21H,4-7,9,11-12H2,1-3H3,(H2,18,19,20). The topological polar surface area (TPSA) is 56.7 Å². The third-order valence-electron chi connectivity index (χ3n) is 3.77. The summed E-state index contributed by atoms with van der Waals surface area (Å²) in [5.41, 5.74) is 1.37. The van der Waals surface area contributed by atoms with Gasteiger partial charge in [-0.05, 0) is 54.0 Å². The highest BCUT2D eigenvalue weighted by molar-refractivity contribution is 7.07. The minimum absolute atomic E-state index is 0.249. The second-order valence-corrected chi connectivity index (χ2v) is 6.51. The van der Waals surface area contributed by atoms with Crippen LogP contribution >= 0.6 is 11.3 Å². The SMILES string of the molecule is CCCC(CCO)CN=C(NCC)NCC(C)c1ccsc1. The molecule has 126 valence electrons. The molecule has 0 spiro atoms. The highest BCUT2D eigenvalue weighted by Gasteiger charge is 2.09. The molecule has 0 aliphatic carbocycles. The molecule has 0 aromatic carbocycles. The van der Waals surface area contributed by atoms with Crippen molar-refractivity contribution in [2.75, 3.05) is 26.2 Å². The molecule has 4 nitrogen and oxygen atoms in total. The molecule has 0 bridgehead atoms. The number of thiophene rings is 1. The van der Waals surface area contributed by atoms with Crippen molar-refractivity contribution in [1.82, 2.24) is 10.6 Å². The Bertz CT molecular complexity index is 400. The fraction of sp³-hybridized carbons (Fsp3) is 0.706. The summed E-state index contributed by atoms with van der Waals surface area (Å²) in [7, 11) is 0. The Morgan fingerprint density at radius 2 is 2.14 bits per heavy atom. The van der Waals surface area contributed by atoms with Crippen molar-refractivity contribution in [3.05, 3.63) is 22.4 Å². The van der Waals surface area contributed by atoms with Crippen molar-refractivity contribution in [3.63, 3.8) is 0 Å². The minimum atomic E-state index is 0.249. The second-order valence-electron chi connectivity index (χ2n) is 5.73. The fourth-order valence-corrected chi connectivity index (χ4v) is 3.19. The van der Waals surface area contributed by atoms with E-state index in [1.165, 1.54) is 5.56 Å². The molecule has 2 atom stereocenters. The molecule has 0 radical (unpaired) electrons. The van der Waals surface area contributed by atoms with Gasteiger partial charge in [0.15, 0.2) is 5.96 Å². The molecule has 1 rings (SSSR count). The van der Waals surface area contributed by atoms with E-state index in [0.717, 1.165) is 44.9 Å². The van der Waals surface area contributed by atoms with E-state index in [1.807, 2.05) is 0 Å². The van der Waals surface area contributed by atoms with E-state index in [-0.39, 0.29) is 6.61 Å². The molecule has 22 heavy (non-hydrogen) atoms. The number of rotatable bonds is 10. The van der Waals surface area contributed by atoms with Crippen LogP contribution in [0.15, 0.2) is 21.8 Å². The summed E-state index contributed by atoms with van der Waals surface area (Å²) in [4.78, 5) is 4.69. The van der Waals surface area contributed by atoms with Crippen LogP contribution in [-0.4, -0.2) is 37.3 Å². The molecule has 0 aliphatic heterocycles. The smallest absolute Gasteiger partial charge is 0.191 e. The van der Waals surface area contributed by atoms with E-state index in [9.17, 15) is 0 Å². The van der Waals surface area contributed by atoms with Gasteiger partial charge in [-0.15, -0.1) is 0 Å². The Kier molecular flexibility index (Phi) is 9.91. The van der Waals surface area contributed by atoms with Crippen LogP contribution in [0.4, 0.5) is 0 Å². The molecule has 0 aliphatic rings. The monoisotopic (exact) mass is 325 g/mol. The van der Waals surface area contributed by atoms with Gasteiger partial charge >= 0.3 is 0 Å². The number of aliphatic hydroxyl groups excluding tert-OH is 1. The van der Waals surface area contributed by atoms with Crippen LogP contribution in [0.25, 0.3) is 0 Å². The van der Waals surface area contributed by atoms with Crippen molar-refractivity contribution in [2.45, 2.75) is 46.0 Å². The lowest BCUT2D eigenvalue weighted by Gasteiger charge is -2.17. The molecule has 0 saturated heterocycles. The van der Waals surface area contributed by atoms with Crippen LogP contribution in [0.5, 0.6) is 0 Å². The molecular weight excluding hydrogens is 294 g/mol. The zero-order chi connectivity index (χ0) is 16.2. The lowest BCUT2D eigenvalue weighted by molar-refractivity contribution is 0.253. The summed E-state index contributed by atoms with van der Waals surface area (Å²) < 4.78 is 0. The summed E-state index contributed by atoms with van der Waals surface area (Å²) in [6, 6.07) is 2.18. The van der Waals surface area contributed by atoms with Crippen LogP contribution in [-0.2, 0) is 0 Å². The van der Waals surface area contributed by atoms with Gasteiger partial charge in [-0.1, -0.05) is 20.3 Å². The third kappa shape index (κ3) is 7.27. The molecule has 0 fully saturated rings. The van der Waals surface area contributed by atoms with E-state index < -0.39 is 0 Å². The average Bonchev–Trinajstić information content (AvgIpc) is 3.04. The molecule has 2 unspecified atom stereocenters. The van der Waals surface area contributed by atoms with Crippen LogP contribution in [0.3, 0.4) is 0 Å². The normalized spacial score (nSPS) is 14.6. The van der Waals surface area contributed by atoms with Gasteiger partial charge in [-0.2, -0.15) is 11.3 Å². The Morgan fingerprint density at radius 3 is 2.73 bits per heavy atom. The first-order valence-corrected chi connectivity index (χ1v) is 9.30. The number of nitrogens with one attached hydrogen (secondary N) is 2. The van der Waals surface area contributed by atoms with E-state index >= 15 is 0 Å². The van der Waals surface area contributed by atoms with Crippen molar-refractivity contribution in [1.29, 1.82) is 0 Å². The molecular formula is C17H31N3OS. The number of guanidine groups is 1. The molecule has 1 aromatic heterocycles. The van der Waals surface area contributed by atoms with Crippen molar-refractivity contribution in [2.24, 2.45) is 10.9 Å². The quantitative estimate of drug-likeness (QED) is 0.457. The number of aliphatic hydroxyl groups is 1. The molecule has 0 amide bonds. The minimum Gasteiger partial charge on any atom is -0.396 e. The highest BCUT2D eigenvalue weighted by Crippen LogP contribution is 2.17. The molecule has 5 heteroatoms. The van der Waals surface area contributed by atoms with Gasteiger partial charge in [-0.25, -0.2) is 0 Å². The lowest BCUT2D eigenvalue weighted by atomic mass is 10.0. The van der Waals surface area contributed by atoms with Crippen molar-refractivity contribution in [3.8, 4) is 0 Å². The van der Waals surface area contributed by atoms with Crippen LogP contribution in [0.2, 0.25) is 0 Å². The van der Waals surface area contributed by atoms with E-state index in [2.05, 4.69) is 48.2 Å². The molecule has 1 aromatic rings. The molecule has 1 heterocycles. The second kappa shape index (κ2) is 11.5. The Morgan fingerprint density at radius 1 is 1.32 bits per heavy atom. The Hall–Kier alpha value is -1.07. The Labute approximate surface area is 139 Å². The van der Waals surface area contributed by atoms with Crippen LogP contribution < -0.4 is 10.6 Å². The number of nitrogens with zero attached hydrogens (tertiary/aromatic N) is 1. The third-order valence-corrected chi connectivity index (χ3v) is 4.48. The first kappa shape index (κ1) is 19.0. The maximum absolute atomic E-state index is 9.13. The average molecular weight is 326 g/mol. The van der Waals surface area contributed by atoms with E-state index in [4.69, 9.17) is 10.1 Å². The number of hydrogen-bond donors (Lipinski definition) is 3. The predicted molar refractivity (Wildman–Crippen MR) is 96.8 cm³/mol. The summed E-state index contributed by atoms with van der Waals surface area (Å²) in [5.74, 6) is 1.82. The lowest BCUT2D eigenvalue weighted by Crippen LogP contribution is -2.39. The molecule has 3 N–H and O–H groups in total. The zero-order valence-corrected chi connectivity index (χ0v) is 15.0. The van der Waals surface area contributed by atoms with E-state index in [0.29, 0.717) is 11.8 Å². The van der Waals surface area contributed by atoms with Crippen LogP contribution in [0.1, 0.15) is 51.5 Å².